The fraction of sp³-hybridized carbons (Fsp3) is 0.222. The van der Waals surface area contributed by atoms with Crippen LogP contribution in [0.4, 0.5) is 5.69 Å². The van der Waals surface area contributed by atoms with E-state index in [1.165, 1.54) is 16.7 Å². The Bertz CT molecular complexity index is 1270. The van der Waals surface area contributed by atoms with E-state index in [0.29, 0.717) is 15.7 Å². The van der Waals surface area contributed by atoms with E-state index in [0.717, 1.165) is 22.3 Å². The van der Waals surface area contributed by atoms with Gasteiger partial charge < -0.3 is 0 Å². The first-order chi connectivity index (χ1) is 16.4. The maximum atomic E-state index is 13.8. The normalized spacial score (nSPS) is 24.0. The van der Waals surface area contributed by atoms with Crippen molar-refractivity contribution < 1.29 is 14.4 Å². The largest absolute Gasteiger partial charge is 0.294 e. The van der Waals surface area contributed by atoms with E-state index in [1.54, 1.807) is 18.2 Å². The number of carbonyl (C=O) groups excluding carboxylic acids is 3. The van der Waals surface area contributed by atoms with Gasteiger partial charge in [-0.25, -0.2) is 0 Å². The van der Waals surface area contributed by atoms with E-state index >= 15 is 0 Å². The first-order valence-electron chi connectivity index (χ1n) is 11.1. The first kappa shape index (κ1) is 21.4. The highest BCUT2D eigenvalue weighted by Gasteiger charge is 2.61. The van der Waals surface area contributed by atoms with Crippen molar-refractivity contribution in [3.8, 4) is 0 Å². The van der Waals surface area contributed by atoms with Crippen molar-refractivity contribution in [1.82, 2.24) is 4.90 Å². The number of hydrogen-bond acceptors (Lipinski definition) is 3. The van der Waals surface area contributed by atoms with E-state index in [-0.39, 0.29) is 36.2 Å². The molecular formula is C27H20Cl2N2O3. The molecule has 3 aromatic carbocycles. The van der Waals surface area contributed by atoms with Gasteiger partial charge in [-0.15, -0.1) is 0 Å². The van der Waals surface area contributed by atoms with Crippen LogP contribution in [0.15, 0.2) is 66.7 Å². The summed E-state index contributed by atoms with van der Waals surface area (Å²) in [5, 5.41) is 0.655. The lowest BCUT2D eigenvalue weighted by Gasteiger charge is -2.45. The highest BCUT2D eigenvalue weighted by atomic mass is 35.5. The lowest BCUT2D eigenvalue weighted by molar-refractivity contribution is -0.140. The highest BCUT2D eigenvalue weighted by molar-refractivity contribution is 6.42. The van der Waals surface area contributed by atoms with Crippen LogP contribution in [-0.2, 0) is 14.4 Å². The quantitative estimate of drug-likeness (QED) is 0.474. The average molecular weight is 491 g/mol. The minimum absolute atomic E-state index is 0.163. The predicted molar refractivity (Wildman–Crippen MR) is 130 cm³/mol. The summed E-state index contributed by atoms with van der Waals surface area (Å²) in [4.78, 5) is 42.8. The van der Waals surface area contributed by atoms with E-state index in [1.807, 2.05) is 24.3 Å². The molecule has 3 aliphatic carbocycles. The van der Waals surface area contributed by atoms with Crippen LogP contribution >= 0.6 is 23.2 Å². The molecule has 0 saturated carbocycles. The maximum absolute atomic E-state index is 13.8. The number of carbonyl (C=O) groups is 3. The van der Waals surface area contributed by atoms with Gasteiger partial charge in [0.25, 0.3) is 0 Å². The molecule has 2 unspecified atom stereocenters. The van der Waals surface area contributed by atoms with Crippen LogP contribution in [-0.4, -0.2) is 29.3 Å². The van der Waals surface area contributed by atoms with Gasteiger partial charge in [0.05, 0.1) is 21.9 Å². The topological polar surface area (TPSA) is 57.7 Å². The number of likely N-dealkylation sites (tertiary alicyclic amines) is 1. The summed E-state index contributed by atoms with van der Waals surface area (Å²) in [6.07, 6.45) is 0. The van der Waals surface area contributed by atoms with Crippen molar-refractivity contribution in [3.05, 3.63) is 99.0 Å². The summed E-state index contributed by atoms with van der Waals surface area (Å²) < 4.78 is 0. The number of rotatable bonds is 3. The van der Waals surface area contributed by atoms with Crippen molar-refractivity contribution in [1.29, 1.82) is 0 Å². The Labute approximate surface area is 206 Å². The standard InChI is InChI=1S/C27H20Cl2N2O3/c1-14(32)30(15-10-11-20(28)21(29)12-15)13-31-26(33)24-22-16-6-2-3-7-17(16)23(25(24)27(31)34)19-9-5-4-8-18(19)22/h2-12,22-25H,13H2,1H3. The van der Waals surface area contributed by atoms with Crippen molar-refractivity contribution in [2.75, 3.05) is 11.6 Å². The Morgan fingerprint density at radius 1 is 0.794 bits per heavy atom. The lowest BCUT2D eigenvalue weighted by Crippen LogP contribution is -2.44. The third-order valence-electron chi connectivity index (χ3n) is 7.42. The molecule has 0 aromatic heterocycles. The fourth-order valence-corrected chi connectivity index (χ4v) is 6.33. The van der Waals surface area contributed by atoms with Gasteiger partial charge in [-0.05, 0) is 40.5 Å². The van der Waals surface area contributed by atoms with Crippen LogP contribution in [0.2, 0.25) is 10.0 Å². The number of halogens is 2. The predicted octanol–water partition coefficient (Wildman–Crippen LogP) is 5.20. The molecule has 5 nitrogen and oxygen atoms in total. The molecule has 1 fully saturated rings. The zero-order chi connectivity index (χ0) is 23.7. The van der Waals surface area contributed by atoms with Crippen molar-refractivity contribution in [2.24, 2.45) is 11.8 Å². The number of anilines is 1. The van der Waals surface area contributed by atoms with Gasteiger partial charge in [-0.1, -0.05) is 71.7 Å². The van der Waals surface area contributed by atoms with Gasteiger partial charge in [0.1, 0.15) is 6.67 Å². The summed E-state index contributed by atoms with van der Waals surface area (Å²) in [7, 11) is 0. The van der Waals surface area contributed by atoms with Crippen LogP contribution in [0.25, 0.3) is 0 Å². The summed E-state index contributed by atoms with van der Waals surface area (Å²) in [5.41, 5.74) is 4.94. The summed E-state index contributed by atoms with van der Waals surface area (Å²) in [5.74, 6) is -2.10. The number of nitrogens with zero attached hydrogens (tertiary/aromatic N) is 2. The molecule has 3 aromatic rings. The Balaban J connectivity index is 1.42. The molecule has 34 heavy (non-hydrogen) atoms. The Hall–Kier alpha value is -3.15. The monoisotopic (exact) mass is 490 g/mol. The van der Waals surface area contributed by atoms with Crippen LogP contribution in [0.5, 0.6) is 0 Å². The number of hydrogen-bond donors (Lipinski definition) is 0. The number of amides is 3. The molecule has 0 N–H and O–H groups in total. The van der Waals surface area contributed by atoms with E-state index in [9.17, 15) is 14.4 Å². The Morgan fingerprint density at radius 2 is 1.26 bits per heavy atom. The Morgan fingerprint density at radius 3 is 1.68 bits per heavy atom. The molecule has 0 spiro atoms. The molecule has 2 atom stereocenters. The number of imide groups is 1. The fourth-order valence-electron chi connectivity index (χ4n) is 6.04. The summed E-state index contributed by atoms with van der Waals surface area (Å²) >= 11 is 12.2. The smallest absolute Gasteiger partial charge is 0.235 e. The molecule has 7 heteroatoms. The highest BCUT2D eigenvalue weighted by Crippen LogP contribution is 2.60. The molecule has 0 radical (unpaired) electrons. The minimum atomic E-state index is -0.482. The zero-order valence-electron chi connectivity index (χ0n) is 18.2. The van der Waals surface area contributed by atoms with E-state index in [2.05, 4.69) is 24.3 Å². The third-order valence-corrected chi connectivity index (χ3v) is 8.16. The van der Waals surface area contributed by atoms with Gasteiger partial charge in [-0.3, -0.25) is 24.2 Å². The molecule has 2 bridgehead atoms. The zero-order valence-corrected chi connectivity index (χ0v) is 19.8. The van der Waals surface area contributed by atoms with Crippen LogP contribution in [0, 0.1) is 11.8 Å². The van der Waals surface area contributed by atoms with E-state index < -0.39 is 11.8 Å². The lowest BCUT2D eigenvalue weighted by atomic mass is 9.55. The van der Waals surface area contributed by atoms with Crippen LogP contribution in [0.1, 0.15) is 41.0 Å². The van der Waals surface area contributed by atoms with Gasteiger partial charge in [0, 0.05) is 24.4 Å². The van der Waals surface area contributed by atoms with Crippen LogP contribution < -0.4 is 4.90 Å². The van der Waals surface area contributed by atoms with Crippen molar-refractivity contribution in [3.63, 3.8) is 0 Å². The molecule has 3 amide bonds. The van der Waals surface area contributed by atoms with Gasteiger partial charge in [0.2, 0.25) is 17.7 Å². The second-order valence-corrected chi connectivity index (χ2v) is 9.87. The van der Waals surface area contributed by atoms with Crippen LogP contribution in [0.3, 0.4) is 0 Å². The molecule has 1 heterocycles. The Kier molecular flexibility index (Phi) is 4.84. The third kappa shape index (κ3) is 2.90. The SMILES string of the molecule is CC(=O)N(CN1C(=O)C2C3c4ccccc4C(c4ccccc43)C2C1=O)c1ccc(Cl)c(Cl)c1. The average Bonchev–Trinajstić information content (AvgIpc) is 3.09. The number of benzene rings is 3. The van der Waals surface area contributed by atoms with Gasteiger partial charge >= 0.3 is 0 Å². The first-order valence-corrected chi connectivity index (χ1v) is 11.9. The molecule has 1 aliphatic heterocycles. The van der Waals surface area contributed by atoms with E-state index in [4.69, 9.17) is 23.2 Å². The maximum Gasteiger partial charge on any atom is 0.235 e. The molecule has 7 rings (SSSR count). The second kappa shape index (κ2) is 7.69. The second-order valence-electron chi connectivity index (χ2n) is 9.06. The van der Waals surface area contributed by atoms with Gasteiger partial charge in [0.15, 0.2) is 0 Å². The molecular weight excluding hydrogens is 471 g/mol. The van der Waals surface area contributed by atoms with Crippen molar-refractivity contribution in [2.45, 2.75) is 18.8 Å². The molecule has 1 saturated heterocycles. The minimum Gasteiger partial charge on any atom is -0.294 e. The molecule has 4 aliphatic rings. The van der Waals surface area contributed by atoms with Gasteiger partial charge in [-0.2, -0.15) is 0 Å². The summed E-state index contributed by atoms with van der Waals surface area (Å²) in [6.45, 7) is 1.24. The van der Waals surface area contributed by atoms with Crippen molar-refractivity contribution >= 4 is 46.6 Å². The summed E-state index contributed by atoms with van der Waals surface area (Å²) in [6, 6.07) is 21.0. The molecule has 170 valence electrons.